The molecule has 194 valence electrons. The molecule has 8 heteroatoms. The third-order valence-electron chi connectivity index (χ3n) is 8.26. The zero-order chi connectivity index (χ0) is 25.6. The van der Waals surface area contributed by atoms with Crippen molar-refractivity contribution in [1.29, 1.82) is 0 Å². The van der Waals surface area contributed by atoms with Crippen molar-refractivity contribution < 1.29 is 0 Å². The highest BCUT2D eigenvalue weighted by Gasteiger charge is 2.43. The fraction of sp³-hybridized carbons (Fsp3) is 0.448. The van der Waals surface area contributed by atoms with Crippen LogP contribution in [0.5, 0.6) is 0 Å². The first kappa shape index (κ1) is 24.3. The van der Waals surface area contributed by atoms with E-state index in [1.54, 1.807) is 0 Å². The molecule has 1 atom stereocenters. The molecule has 0 amide bonds. The summed E-state index contributed by atoms with van der Waals surface area (Å²) in [5.74, 6) is 2.17. The first-order chi connectivity index (χ1) is 17.9. The van der Waals surface area contributed by atoms with Crippen LogP contribution in [-0.4, -0.2) is 48.1 Å². The summed E-state index contributed by atoms with van der Waals surface area (Å²) in [4.78, 5) is 12.2. The summed E-state index contributed by atoms with van der Waals surface area (Å²) < 4.78 is 0. The molecule has 0 radical (unpaired) electrons. The van der Waals surface area contributed by atoms with Crippen LogP contribution >= 0.6 is 0 Å². The molecule has 6 rings (SSSR count). The van der Waals surface area contributed by atoms with Crippen LogP contribution in [0.3, 0.4) is 0 Å². The predicted octanol–water partition coefficient (Wildman–Crippen LogP) is 3.31. The minimum atomic E-state index is -0.873. The Balaban J connectivity index is 1.21. The van der Waals surface area contributed by atoms with Gasteiger partial charge in [-0.15, -0.1) is 0 Å². The number of benzene rings is 2. The maximum absolute atomic E-state index is 6.98. The van der Waals surface area contributed by atoms with Crippen LogP contribution in [0.2, 0.25) is 0 Å². The maximum atomic E-state index is 6.98. The van der Waals surface area contributed by atoms with E-state index in [1.165, 1.54) is 30.5 Å². The fourth-order valence-electron chi connectivity index (χ4n) is 6.38. The Morgan fingerprint density at radius 3 is 2.68 bits per heavy atom. The van der Waals surface area contributed by atoms with E-state index in [-0.39, 0.29) is 0 Å². The van der Waals surface area contributed by atoms with Crippen LogP contribution in [0.15, 0.2) is 42.6 Å². The molecule has 1 saturated heterocycles. The molecule has 0 saturated carbocycles. The largest absolute Gasteiger partial charge is 0.324 e. The highest BCUT2D eigenvalue weighted by Crippen LogP contribution is 2.39. The minimum absolute atomic E-state index is 0.570. The van der Waals surface area contributed by atoms with E-state index in [4.69, 9.17) is 10.7 Å². The Morgan fingerprint density at radius 2 is 1.89 bits per heavy atom. The van der Waals surface area contributed by atoms with Gasteiger partial charge in [0.1, 0.15) is 5.66 Å². The van der Waals surface area contributed by atoms with Gasteiger partial charge in [-0.25, -0.2) is 10.4 Å². The Bertz CT molecular complexity index is 1280. The SMILES string of the molecule is Cc1cccc(C)c1C1(N)NN(C)c2nc(Nc3ccc4c(c3)CN(CC3CCNCC3)CC4)ncc21. The van der Waals surface area contributed by atoms with Crippen molar-refractivity contribution in [1.82, 2.24) is 25.6 Å². The second-order valence-corrected chi connectivity index (χ2v) is 11.0. The molecule has 37 heavy (non-hydrogen) atoms. The monoisotopic (exact) mass is 498 g/mol. The molecule has 1 aromatic heterocycles. The number of hydrogen-bond acceptors (Lipinski definition) is 8. The van der Waals surface area contributed by atoms with Crippen molar-refractivity contribution in [3.05, 3.63) is 76.0 Å². The molecule has 3 aromatic rings. The number of aromatic nitrogens is 2. The lowest BCUT2D eigenvalue weighted by atomic mass is 9.88. The van der Waals surface area contributed by atoms with Gasteiger partial charge in [0.2, 0.25) is 5.95 Å². The van der Waals surface area contributed by atoms with Crippen molar-refractivity contribution >= 4 is 17.5 Å². The first-order valence-electron chi connectivity index (χ1n) is 13.5. The summed E-state index contributed by atoms with van der Waals surface area (Å²) in [6, 6.07) is 12.9. The van der Waals surface area contributed by atoms with Crippen LogP contribution in [0.1, 0.15) is 46.2 Å². The Labute approximate surface area is 219 Å². The molecule has 8 nitrogen and oxygen atoms in total. The number of anilines is 3. The van der Waals surface area contributed by atoms with E-state index in [0.717, 1.165) is 72.3 Å². The quantitative estimate of drug-likeness (QED) is 0.426. The van der Waals surface area contributed by atoms with E-state index in [2.05, 4.69) is 76.2 Å². The molecule has 0 bridgehead atoms. The fourth-order valence-corrected chi connectivity index (χ4v) is 6.38. The highest BCUT2D eigenvalue weighted by atomic mass is 15.6. The summed E-state index contributed by atoms with van der Waals surface area (Å²) >= 11 is 0. The van der Waals surface area contributed by atoms with Gasteiger partial charge in [0.25, 0.3) is 0 Å². The summed E-state index contributed by atoms with van der Waals surface area (Å²) in [6.45, 7) is 9.87. The maximum Gasteiger partial charge on any atom is 0.229 e. The summed E-state index contributed by atoms with van der Waals surface area (Å²) in [7, 11) is 1.95. The Hall–Kier alpha value is -3.04. The Morgan fingerprint density at radius 1 is 1.11 bits per heavy atom. The normalized spacial score (nSPS) is 22.1. The Kier molecular flexibility index (Phi) is 6.36. The molecule has 1 unspecified atom stereocenters. The van der Waals surface area contributed by atoms with E-state index < -0.39 is 5.66 Å². The zero-order valence-corrected chi connectivity index (χ0v) is 22.1. The number of rotatable bonds is 5. The van der Waals surface area contributed by atoms with Crippen LogP contribution in [0.4, 0.5) is 17.5 Å². The highest BCUT2D eigenvalue weighted by molar-refractivity contribution is 5.64. The van der Waals surface area contributed by atoms with Crippen molar-refractivity contribution in [2.24, 2.45) is 11.7 Å². The van der Waals surface area contributed by atoms with Gasteiger partial charge in [0.15, 0.2) is 5.82 Å². The van der Waals surface area contributed by atoms with E-state index in [0.29, 0.717) is 5.95 Å². The smallest absolute Gasteiger partial charge is 0.229 e. The molecule has 1 fully saturated rings. The molecule has 2 aromatic carbocycles. The predicted molar refractivity (Wildman–Crippen MR) is 149 cm³/mol. The lowest BCUT2D eigenvalue weighted by molar-refractivity contribution is 0.191. The number of nitrogens with one attached hydrogen (secondary N) is 3. The number of hydrogen-bond donors (Lipinski definition) is 4. The minimum Gasteiger partial charge on any atom is -0.324 e. The molecule has 0 aliphatic carbocycles. The number of piperidine rings is 1. The van der Waals surface area contributed by atoms with Gasteiger partial charge in [-0.1, -0.05) is 24.3 Å². The first-order valence-corrected chi connectivity index (χ1v) is 13.5. The molecule has 5 N–H and O–H groups in total. The third-order valence-corrected chi connectivity index (χ3v) is 8.26. The van der Waals surface area contributed by atoms with Gasteiger partial charge in [0, 0.05) is 38.6 Å². The van der Waals surface area contributed by atoms with Gasteiger partial charge in [-0.2, -0.15) is 4.98 Å². The average molecular weight is 499 g/mol. The van der Waals surface area contributed by atoms with E-state index >= 15 is 0 Å². The standard InChI is InChI=1S/C29H38N8/c1-19-5-4-6-20(2)26(19)29(30)25-16-32-28(34-27(25)36(3)35-29)33-24-8-7-22-11-14-37(18-23(22)15-24)17-21-9-12-31-13-10-21/h4-8,15-16,21,31,35H,9-14,17-18,30H2,1-3H3,(H,32,33,34). The molecule has 3 aliphatic heterocycles. The second kappa shape index (κ2) is 9.68. The number of fused-ring (bicyclic) bond motifs is 2. The lowest BCUT2D eigenvalue weighted by Crippen LogP contribution is -2.52. The summed E-state index contributed by atoms with van der Waals surface area (Å²) in [5.41, 5.74) is 17.6. The van der Waals surface area contributed by atoms with Gasteiger partial charge in [0.05, 0.1) is 5.56 Å². The summed E-state index contributed by atoms with van der Waals surface area (Å²) in [6.07, 6.45) is 5.55. The van der Waals surface area contributed by atoms with Gasteiger partial charge >= 0.3 is 0 Å². The lowest BCUT2D eigenvalue weighted by Gasteiger charge is -2.33. The van der Waals surface area contributed by atoms with Gasteiger partial charge < -0.3 is 16.4 Å². The third kappa shape index (κ3) is 4.59. The van der Waals surface area contributed by atoms with Crippen molar-refractivity contribution in [3.63, 3.8) is 0 Å². The number of nitrogens with zero attached hydrogens (tertiary/aromatic N) is 4. The van der Waals surface area contributed by atoms with Crippen LogP contribution < -0.4 is 26.8 Å². The molecule has 0 spiro atoms. The van der Waals surface area contributed by atoms with Crippen LogP contribution in [0.25, 0.3) is 0 Å². The molecular formula is C29H38N8. The second-order valence-electron chi connectivity index (χ2n) is 11.0. The molecular weight excluding hydrogens is 460 g/mol. The van der Waals surface area contributed by atoms with E-state index in [9.17, 15) is 0 Å². The number of nitrogens with two attached hydrogens (primary N) is 1. The van der Waals surface area contributed by atoms with Crippen molar-refractivity contribution in [2.45, 2.75) is 45.3 Å². The van der Waals surface area contributed by atoms with Crippen LogP contribution in [0, 0.1) is 19.8 Å². The van der Waals surface area contributed by atoms with Crippen molar-refractivity contribution in [2.75, 3.05) is 43.6 Å². The topological polar surface area (TPSA) is 94.4 Å². The van der Waals surface area contributed by atoms with E-state index in [1.807, 2.05) is 18.3 Å². The van der Waals surface area contributed by atoms with Crippen molar-refractivity contribution in [3.8, 4) is 0 Å². The number of hydrazine groups is 1. The molecule has 3 aliphatic rings. The van der Waals surface area contributed by atoms with Gasteiger partial charge in [-0.05, 0) is 92.1 Å². The number of aryl methyl sites for hydroxylation is 2. The zero-order valence-electron chi connectivity index (χ0n) is 22.1. The van der Waals surface area contributed by atoms with Crippen LogP contribution in [-0.2, 0) is 18.6 Å². The van der Waals surface area contributed by atoms with Gasteiger partial charge in [-0.3, -0.25) is 9.91 Å². The summed E-state index contributed by atoms with van der Waals surface area (Å²) in [5, 5.41) is 8.83. The molecule has 4 heterocycles. The average Bonchev–Trinajstić information content (AvgIpc) is 3.14.